The third-order valence-corrected chi connectivity index (χ3v) is 2.61. The van der Waals surface area contributed by atoms with Gasteiger partial charge in [-0.1, -0.05) is 19.1 Å². The second kappa shape index (κ2) is 7.38. The number of amides is 2. The van der Waals surface area contributed by atoms with Crippen LogP contribution < -0.4 is 15.4 Å². The maximum Gasteiger partial charge on any atom is 0.313 e. The maximum atomic E-state index is 11.7. The summed E-state index contributed by atoms with van der Waals surface area (Å²) in [5, 5.41) is 13.9. The lowest BCUT2D eigenvalue weighted by Gasteiger charge is -2.14. The van der Waals surface area contributed by atoms with Crippen LogP contribution in [-0.4, -0.2) is 36.7 Å². The van der Waals surface area contributed by atoms with Gasteiger partial charge < -0.3 is 20.5 Å². The third-order valence-electron chi connectivity index (χ3n) is 2.61. The molecule has 0 aliphatic rings. The van der Waals surface area contributed by atoms with Crippen LogP contribution in [0, 0.1) is 0 Å². The van der Waals surface area contributed by atoms with E-state index in [1.165, 1.54) is 7.11 Å². The molecule has 0 saturated carbocycles. The fourth-order valence-electron chi connectivity index (χ4n) is 1.45. The smallest absolute Gasteiger partial charge is 0.313 e. The Bertz CT molecular complexity index is 444. The zero-order chi connectivity index (χ0) is 14.3. The molecule has 0 aliphatic heterocycles. The van der Waals surface area contributed by atoms with Crippen LogP contribution in [-0.2, 0) is 9.59 Å². The highest BCUT2D eigenvalue weighted by atomic mass is 16.5. The molecule has 1 atom stereocenters. The molecule has 1 aromatic carbocycles. The van der Waals surface area contributed by atoms with E-state index in [4.69, 9.17) is 9.84 Å². The van der Waals surface area contributed by atoms with E-state index in [1.807, 2.05) is 0 Å². The van der Waals surface area contributed by atoms with Crippen molar-refractivity contribution < 1.29 is 19.4 Å². The number of carbonyl (C=O) groups is 2. The van der Waals surface area contributed by atoms with Crippen molar-refractivity contribution in [3.05, 3.63) is 24.3 Å². The highest BCUT2D eigenvalue weighted by Gasteiger charge is 2.18. The first-order valence-electron chi connectivity index (χ1n) is 5.98. The summed E-state index contributed by atoms with van der Waals surface area (Å²) < 4.78 is 5.06. The van der Waals surface area contributed by atoms with Gasteiger partial charge in [0.1, 0.15) is 5.75 Å². The van der Waals surface area contributed by atoms with Crippen LogP contribution in [0.25, 0.3) is 0 Å². The Balaban J connectivity index is 2.66. The summed E-state index contributed by atoms with van der Waals surface area (Å²) in [7, 11) is 1.48. The van der Waals surface area contributed by atoms with E-state index >= 15 is 0 Å². The van der Waals surface area contributed by atoms with Crippen molar-refractivity contribution in [2.24, 2.45) is 0 Å². The summed E-state index contributed by atoms with van der Waals surface area (Å²) in [5.74, 6) is -1.11. The first kappa shape index (κ1) is 15.0. The van der Waals surface area contributed by atoms with Gasteiger partial charge in [-0.15, -0.1) is 0 Å². The number of para-hydroxylation sites is 2. The van der Waals surface area contributed by atoms with Crippen molar-refractivity contribution >= 4 is 17.5 Å². The quantitative estimate of drug-likeness (QED) is 0.678. The molecule has 1 unspecified atom stereocenters. The summed E-state index contributed by atoms with van der Waals surface area (Å²) in [6.07, 6.45) is 0.546. The number of hydrogen-bond acceptors (Lipinski definition) is 4. The molecule has 0 fully saturated rings. The second-order valence-corrected chi connectivity index (χ2v) is 3.92. The average molecular weight is 266 g/mol. The SMILES string of the molecule is CCC(CO)NC(=O)C(=O)Nc1ccccc1OC. The van der Waals surface area contributed by atoms with Crippen LogP contribution in [0.3, 0.4) is 0 Å². The van der Waals surface area contributed by atoms with E-state index in [9.17, 15) is 9.59 Å². The highest BCUT2D eigenvalue weighted by molar-refractivity contribution is 6.39. The van der Waals surface area contributed by atoms with E-state index in [2.05, 4.69) is 10.6 Å². The van der Waals surface area contributed by atoms with Crippen LogP contribution in [0.1, 0.15) is 13.3 Å². The molecule has 2 amide bonds. The topological polar surface area (TPSA) is 87.7 Å². The van der Waals surface area contributed by atoms with Crippen molar-refractivity contribution in [1.82, 2.24) is 5.32 Å². The number of rotatable bonds is 5. The number of benzene rings is 1. The number of ether oxygens (including phenoxy) is 1. The van der Waals surface area contributed by atoms with Gasteiger partial charge >= 0.3 is 11.8 Å². The fourth-order valence-corrected chi connectivity index (χ4v) is 1.45. The highest BCUT2D eigenvalue weighted by Crippen LogP contribution is 2.22. The minimum absolute atomic E-state index is 0.204. The molecule has 0 saturated heterocycles. The lowest BCUT2D eigenvalue weighted by Crippen LogP contribution is -2.43. The molecule has 6 nitrogen and oxygen atoms in total. The van der Waals surface area contributed by atoms with Gasteiger partial charge in [-0.05, 0) is 18.6 Å². The summed E-state index contributed by atoms with van der Waals surface area (Å²) in [6, 6.07) is 6.37. The molecule has 6 heteroatoms. The van der Waals surface area contributed by atoms with Gasteiger partial charge in [0.25, 0.3) is 0 Å². The molecule has 0 spiro atoms. The maximum absolute atomic E-state index is 11.7. The second-order valence-electron chi connectivity index (χ2n) is 3.92. The molecule has 19 heavy (non-hydrogen) atoms. The normalized spacial score (nSPS) is 11.5. The summed E-state index contributed by atoms with van der Waals surface area (Å²) in [4.78, 5) is 23.3. The van der Waals surface area contributed by atoms with E-state index in [1.54, 1.807) is 31.2 Å². The summed E-state index contributed by atoms with van der Waals surface area (Å²) in [6.45, 7) is 1.60. The largest absolute Gasteiger partial charge is 0.495 e. The molecule has 3 N–H and O–H groups in total. The third kappa shape index (κ3) is 4.26. The molecule has 0 bridgehead atoms. The number of anilines is 1. The Morgan fingerprint density at radius 2 is 2.00 bits per heavy atom. The molecule has 0 heterocycles. The Hall–Kier alpha value is -2.08. The Kier molecular flexibility index (Phi) is 5.81. The summed E-state index contributed by atoms with van der Waals surface area (Å²) in [5.41, 5.74) is 0.419. The van der Waals surface area contributed by atoms with Gasteiger partial charge in [0.05, 0.1) is 25.4 Å². The molecule has 0 aromatic heterocycles. The van der Waals surface area contributed by atoms with Crippen LogP contribution >= 0.6 is 0 Å². The number of hydrogen-bond donors (Lipinski definition) is 3. The monoisotopic (exact) mass is 266 g/mol. The van der Waals surface area contributed by atoms with E-state index in [-0.39, 0.29) is 6.61 Å². The van der Waals surface area contributed by atoms with Crippen LogP contribution in [0.2, 0.25) is 0 Å². The number of aliphatic hydroxyl groups excluding tert-OH is 1. The molecule has 0 aliphatic carbocycles. The van der Waals surface area contributed by atoms with Crippen molar-refractivity contribution in [3.63, 3.8) is 0 Å². The minimum atomic E-state index is -0.795. The predicted octanol–water partition coefficient (Wildman–Crippen LogP) is 0.521. The van der Waals surface area contributed by atoms with E-state index < -0.39 is 17.9 Å². The minimum Gasteiger partial charge on any atom is -0.495 e. The van der Waals surface area contributed by atoms with E-state index in [0.29, 0.717) is 17.9 Å². The number of nitrogens with one attached hydrogen (secondary N) is 2. The van der Waals surface area contributed by atoms with Gasteiger partial charge in [0, 0.05) is 0 Å². The van der Waals surface area contributed by atoms with Crippen molar-refractivity contribution in [1.29, 1.82) is 0 Å². The van der Waals surface area contributed by atoms with Crippen LogP contribution in [0.15, 0.2) is 24.3 Å². The Labute approximate surface area is 111 Å². The van der Waals surface area contributed by atoms with E-state index in [0.717, 1.165) is 0 Å². The number of aliphatic hydroxyl groups is 1. The van der Waals surface area contributed by atoms with Gasteiger partial charge in [0.2, 0.25) is 0 Å². The number of methoxy groups -OCH3 is 1. The Morgan fingerprint density at radius 3 is 2.58 bits per heavy atom. The fraction of sp³-hybridized carbons (Fsp3) is 0.385. The Morgan fingerprint density at radius 1 is 1.32 bits per heavy atom. The molecule has 0 radical (unpaired) electrons. The predicted molar refractivity (Wildman–Crippen MR) is 70.9 cm³/mol. The van der Waals surface area contributed by atoms with Crippen LogP contribution in [0.4, 0.5) is 5.69 Å². The first-order valence-corrected chi connectivity index (χ1v) is 5.98. The van der Waals surface area contributed by atoms with Crippen molar-refractivity contribution in [2.45, 2.75) is 19.4 Å². The zero-order valence-corrected chi connectivity index (χ0v) is 11.0. The standard InChI is InChI=1S/C13H18N2O4/c1-3-9(8-16)14-12(17)13(18)15-10-6-4-5-7-11(10)19-2/h4-7,9,16H,3,8H2,1-2H3,(H,14,17)(H,15,18). The van der Waals surface area contributed by atoms with Gasteiger partial charge in [-0.2, -0.15) is 0 Å². The van der Waals surface area contributed by atoms with Crippen molar-refractivity contribution in [3.8, 4) is 5.75 Å². The summed E-state index contributed by atoms with van der Waals surface area (Å²) >= 11 is 0. The molecule has 104 valence electrons. The lowest BCUT2D eigenvalue weighted by atomic mass is 10.2. The molecule has 1 rings (SSSR count). The molecular weight excluding hydrogens is 248 g/mol. The molecular formula is C13H18N2O4. The van der Waals surface area contributed by atoms with Gasteiger partial charge in [-0.3, -0.25) is 9.59 Å². The zero-order valence-electron chi connectivity index (χ0n) is 11.0. The average Bonchev–Trinajstić information content (AvgIpc) is 2.44. The first-order chi connectivity index (χ1) is 9.12. The van der Waals surface area contributed by atoms with Gasteiger partial charge in [0.15, 0.2) is 0 Å². The van der Waals surface area contributed by atoms with Gasteiger partial charge in [-0.25, -0.2) is 0 Å². The van der Waals surface area contributed by atoms with Crippen LogP contribution in [0.5, 0.6) is 5.75 Å². The van der Waals surface area contributed by atoms with Crippen molar-refractivity contribution in [2.75, 3.05) is 19.0 Å². The number of carbonyl (C=O) groups excluding carboxylic acids is 2. The molecule has 1 aromatic rings. The lowest BCUT2D eigenvalue weighted by molar-refractivity contribution is -0.136.